The van der Waals surface area contributed by atoms with Gasteiger partial charge in [-0.1, -0.05) is 12.1 Å². The number of aromatic nitrogens is 2. The molecular formula is C21H23FN8O2. The van der Waals surface area contributed by atoms with E-state index in [9.17, 15) is 9.18 Å². The van der Waals surface area contributed by atoms with Crippen LogP contribution in [0.1, 0.15) is 11.4 Å². The topological polar surface area (TPSA) is 136 Å². The molecule has 1 aromatic heterocycles. The zero-order valence-corrected chi connectivity index (χ0v) is 17.5. The molecule has 10 nitrogen and oxygen atoms in total. The van der Waals surface area contributed by atoms with Gasteiger partial charge in [-0.25, -0.2) is 14.9 Å². The maximum atomic E-state index is 14.8. The summed E-state index contributed by atoms with van der Waals surface area (Å²) in [5, 5.41) is 7.28. The first-order valence-corrected chi connectivity index (χ1v) is 10.0. The lowest BCUT2D eigenvalue weighted by molar-refractivity contribution is 0.244. The third-order valence-corrected chi connectivity index (χ3v) is 5.48. The van der Waals surface area contributed by atoms with Crippen LogP contribution in [0.2, 0.25) is 0 Å². The molecule has 0 atom stereocenters. The minimum atomic E-state index is -0.611. The number of halogens is 1. The molecule has 0 aliphatic carbocycles. The van der Waals surface area contributed by atoms with Gasteiger partial charge >= 0.3 is 0 Å². The van der Waals surface area contributed by atoms with Gasteiger partial charge in [0.2, 0.25) is 5.84 Å². The van der Waals surface area contributed by atoms with Crippen LogP contribution in [0.4, 0.5) is 10.1 Å². The van der Waals surface area contributed by atoms with Crippen LogP contribution in [0.15, 0.2) is 51.4 Å². The molecule has 0 radical (unpaired) electrons. The first kappa shape index (κ1) is 21.4. The number of nitrogens with two attached hydrogens (primary N) is 1. The molecule has 0 unspecified atom stereocenters. The molecule has 1 aliphatic rings. The average Bonchev–Trinajstić information content (AvgIpc) is 2.81. The Morgan fingerprint density at radius 2 is 2.03 bits per heavy atom. The summed E-state index contributed by atoms with van der Waals surface area (Å²) < 4.78 is 20.0. The second-order valence-electron chi connectivity index (χ2n) is 7.36. The Labute approximate surface area is 183 Å². The first-order valence-electron chi connectivity index (χ1n) is 10.0. The second-order valence-corrected chi connectivity index (χ2v) is 7.36. The van der Waals surface area contributed by atoms with E-state index in [2.05, 4.69) is 25.1 Å². The Morgan fingerprint density at radius 3 is 2.72 bits per heavy atom. The van der Waals surface area contributed by atoms with Gasteiger partial charge in [-0.3, -0.25) is 9.69 Å². The summed E-state index contributed by atoms with van der Waals surface area (Å²) in [6.07, 6.45) is 0. The first-order chi connectivity index (χ1) is 15.5. The van der Waals surface area contributed by atoms with Crippen LogP contribution >= 0.6 is 0 Å². The third-order valence-electron chi connectivity index (χ3n) is 5.48. The number of para-hydroxylation sites is 1. The minimum absolute atomic E-state index is 0.0669. The SMILES string of the molecule is COc1cc(F)c(/C(N=N)=N/N)c(N2CCN(Cc3nc4ccccc4c(=O)[nH]3)CC2)c1. The van der Waals surface area contributed by atoms with E-state index in [1.54, 1.807) is 12.1 Å². The number of nitrogens with zero attached hydrogens (tertiary/aromatic N) is 5. The number of hydrogen-bond acceptors (Lipinski definition) is 8. The number of benzene rings is 2. The minimum Gasteiger partial charge on any atom is -0.497 e. The fraction of sp³-hybridized carbons (Fsp3) is 0.286. The highest BCUT2D eigenvalue weighted by Crippen LogP contribution is 2.31. The van der Waals surface area contributed by atoms with Gasteiger partial charge in [0.25, 0.3) is 5.56 Å². The van der Waals surface area contributed by atoms with Crippen molar-refractivity contribution < 1.29 is 9.13 Å². The predicted octanol–water partition coefficient (Wildman–Crippen LogP) is 2.04. The van der Waals surface area contributed by atoms with E-state index in [4.69, 9.17) is 16.1 Å². The monoisotopic (exact) mass is 438 g/mol. The fourth-order valence-corrected chi connectivity index (χ4v) is 3.87. The molecule has 32 heavy (non-hydrogen) atoms. The summed E-state index contributed by atoms with van der Waals surface area (Å²) in [6, 6.07) is 10.1. The van der Waals surface area contributed by atoms with Crippen LogP contribution < -0.4 is 21.0 Å². The van der Waals surface area contributed by atoms with Crippen LogP contribution in [0.3, 0.4) is 0 Å². The van der Waals surface area contributed by atoms with Crippen LogP contribution in [-0.2, 0) is 6.54 Å². The Morgan fingerprint density at radius 1 is 1.28 bits per heavy atom. The fourth-order valence-electron chi connectivity index (χ4n) is 3.87. The van der Waals surface area contributed by atoms with E-state index in [1.807, 2.05) is 23.1 Å². The van der Waals surface area contributed by atoms with Crippen molar-refractivity contribution in [1.29, 1.82) is 5.53 Å². The zero-order chi connectivity index (χ0) is 22.7. The van der Waals surface area contributed by atoms with E-state index in [0.29, 0.717) is 60.9 Å². The highest BCUT2D eigenvalue weighted by molar-refractivity contribution is 6.04. The molecule has 11 heteroatoms. The highest BCUT2D eigenvalue weighted by atomic mass is 19.1. The lowest BCUT2D eigenvalue weighted by Gasteiger charge is -2.36. The number of piperazine rings is 1. The van der Waals surface area contributed by atoms with Crippen molar-refractivity contribution in [3.05, 3.63) is 64.0 Å². The quantitative estimate of drug-likeness (QED) is 0.183. The Hall–Kier alpha value is -3.86. The molecule has 166 valence electrons. The lowest BCUT2D eigenvalue weighted by atomic mass is 10.1. The summed E-state index contributed by atoms with van der Waals surface area (Å²) in [7, 11) is 1.46. The molecule has 4 N–H and O–H groups in total. The number of hydrazone groups is 1. The van der Waals surface area contributed by atoms with Crippen molar-refractivity contribution in [3.63, 3.8) is 0 Å². The van der Waals surface area contributed by atoms with Gasteiger partial charge in [0.1, 0.15) is 17.4 Å². The maximum absolute atomic E-state index is 14.8. The lowest BCUT2D eigenvalue weighted by Crippen LogP contribution is -2.46. The van der Waals surface area contributed by atoms with Crippen molar-refractivity contribution in [2.24, 2.45) is 16.1 Å². The summed E-state index contributed by atoms with van der Waals surface area (Å²) in [4.78, 5) is 23.9. The molecule has 0 amide bonds. The van der Waals surface area contributed by atoms with E-state index in [-0.39, 0.29) is 17.0 Å². The molecule has 1 fully saturated rings. The second kappa shape index (κ2) is 9.10. The molecule has 1 saturated heterocycles. The summed E-state index contributed by atoms with van der Waals surface area (Å²) >= 11 is 0. The van der Waals surface area contributed by atoms with E-state index >= 15 is 0 Å². The molecule has 1 aliphatic heterocycles. The van der Waals surface area contributed by atoms with E-state index < -0.39 is 5.82 Å². The molecule has 0 saturated carbocycles. The number of fused-ring (bicyclic) bond motifs is 1. The Kier molecular flexibility index (Phi) is 6.08. The van der Waals surface area contributed by atoms with Crippen molar-refractivity contribution in [1.82, 2.24) is 14.9 Å². The third kappa shape index (κ3) is 4.14. The molecular weight excluding hydrogens is 415 g/mol. The Balaban J connectivity index is 1.53. The van der Waals surface area contributed by atoms with Gasteiger partial charge in [0.05, 0.1) is 35.8 Å². The summed E-state index contributed by atoms with van der Waals surface area (Å²) in [5.74, 6) is 5.47. The number of ether oxygens (including phenoxy) is 1. The average molecular weight is 438 g/mol. The number of nitrogens with one attached hydrogen (secondary N) is 2. The molecule has 0 bridgehead atoms. The van der Waals surface area contributed by atoms with Crippen LogP contribution in [0.25, 0.3) is 10.9 Å². The van der Waals surface area contributed by atoms with Gasteiger partial charge < -0.3 is 20.5 Å². The number of amidine groups is 1. The van der Waals surface area contributed by atoms with Gasteiger partial charge in [-0.15, -0.1) is 5.11 Å². The number of hydrogen-bond donors (Lipinski definition) is 3. The normalized spacial score (nSPS) is 15.2. The van der Waals surface area contributed by atoms with Gasteiger partial charge in [-0.05, 0) is 12.1 Å². The van der Waals surface area contributed by atoms with Crippen molar-refractivity contribution in [2.75, 3.05) is 38.2 Å². The standard InChI is InChI=1S/C21H23FN8O2/c1-32-13-10-15(22)19(20(27-23)28-24)17(11-13)30-8-6-29(7-9-30)12-18-25-16-5-3-2-4-14(16)21(31)26-18/h2-5,10-11,23H,6-9,12,24H2,1H3,(H,25,26,31)/b27-23?,28-20-. The molecule has 0 spiro atoms. The molecule has 2 heterocycles. The molecule has 2 aromatic carbocycles. The summed E-state index contributed by atoms with van der Waals surface area (Å²) in [5.41, 5.74) is 8.37. The maximum Gasteiger partial charge on any atom is 0.258 e. The van der Waals surface area contributed by atoms with Gasteiger partial charge in [0, 0.05) is 38.3 Å². The number of anilines is 1. The van der Waals surface area contributed by atoms with Crippen molar-refractivity contribution >= 4 is 22.4 Å². The van der Waals surface area contributed by atoms with Gasteiger partial charge in [0.15, 0.2) is 0 Å². The van der Waals surface area contributed by atoms with Crippen LogP contribution in [0.5, 0.6) is 5.75 Å². The number of H-pyrrole nitrogens is 1. The van der Waals surface area contributed by atoms with E-state index in [1.165, 1.54) is 13.2 Å². The smallest absolute Gasteiger partial charge is 0.258 e. The largest absolute Gasteiger partial charge is 0.497 e. The molecule has 4 rings (SSSR count). The van der Waals surface area contributed by atoms with Crippen molar-refractivity contribution in [2.45, 2.75) is 6.54 Å². The zero-order valence-electron chi connectivity index (χ0n) is 17.5. The van der Waals surface area contributed by atoms with Crippen LogP contribution in [-0.4, -0.2) is 54.0 Å². The van der Waals surface area contributed by atoms with Crippen LogP contribution in [0, 0.1) is 11.3 Å². The van der Waals surface area contributed by atoms with E-state index in [0.717, 1.165) is 0 Å². The van der Waals surface area contributed by atoms with Crippen molar-refractivity contribution in [3.8, 4) is 5.75 Å². The van der Waals surface area contributed by atoms with Gasteiger partial charge in [-0.2, -0.15) is 5.10 Å². The Bertz CT molecular complexity index is 1230. The number of rotatable bonds is 5. The highest BCUT2D eigenvalue weighted by Gasteiger charge is 2.25. The molecule has 3 aromatic rings. The predicted molar refractivity (Wildman–Crippen MR) is 119 cm³/mol. The number of methoxy groups -OCH3 is 1. The summed E-state index contributed by atoms with van der Waals surface area (Å²) in [6.45, 7) is 2.95. The number of aromatic amines is 1.